The molecule has 0 aliphatic heterocycles. The first-order chi connectivity index (χ1) is 12.2. The van der Waals surface area contributed by atoms with Crippen LogP contribution in [-0.4, -0.2) is 22.0 Å². The molecule has 1 atom stereocenters. The lowest BCUT2D eigenvalue weighted by Gasteiger charge is -2.25. The number of primary amides is 1. The van der Waals surface area contributed by atoms with Crippen LogP contribution in [0.5, 0.6) is 5.88 Å². The first kappa shape index (κ1) is 16.8. The highest BCUT2D eigenvalue weighted by Crippen LogP contribution is 2.46. The summed E-state index contributed by atoms with van der Waals surface area (Å²) >= 11 is 1.77. The molecule has 2 heterocycles. The fraction of sp³-hybridized carbons (Fsp3) is 0.632. The normalized spacial score (nSPS) is 21.2. The molecule has 1 amide bonds. The van der Waals surface area contributed by atoms with Crippen molar-refractivity contribution in [1.82, 2.24) is 9.97 Å². The van der Waals surface area contributed by atoms with Crippen LogP contribution in [0.4, 0.5) is 0 Å². The van der Waals surface area contributed by atoms with Gasteiger partial charge >= 0.3 is 0 Å². The quantitative estimate of drug-likeness (QED) is 0.872. The number of ether oxygens (including phenoxy) is 1. The Morgan fingerprint density at radius 1 is 1.20 bits per heavy atom. The number of thiophene rings is 1. The number of nitrogens with two attached hydrogens (primary N) is 1. The monoisotopic (exact) mass is 359 g/mol. The van der Waals surface area contributed by atoms with E-state index in [2.05, 4.69) is 9.97 Å². The van der Waals surface area contributed by atoms with Crippen LogP contribution in [0.1, 0.15) is 74.1 Å². The molecule has 1 saturated carbocycles. The number of rotatable bonds is 5. The van der Waals surface area contributed by atoms with E-state index in [9.17, 15) is 4.79 Å². The van der Waals surface area contributed by atoms with Crippen molar-refractivity contribution in [2.45, 2.75) is 76.2 Å². The fourth-order valence-electron chi connectivity index (χ4n) is 4.28. The van der Waals surface area contributed by atoms with Gasteiger partial charge in [0.1, 0.15) is 17.3 Å². The Bertz CT molecular complexity index is 767. The zero-order valence-corrected chi connectivity index (χ0v) is 15.3. The van der Waals surface area contributed by atoms with E-state index >= 15 is 0 Å². The van der Waals surface area contributed by atoms with Crippen LogP contribution in [0.25, 0.3) is 10.2 Å². The molecule has 2 aromatic rings. The fourth-order valence-corrected chi connectivity index (χ4v) is 5.54. The highest BCUT2D eigenvalue weighted by Gasteiger charge is 2.29. The summed E-state index contributed by atoms with van der Waals surface area (Å²) in [5.74, 6) is 0.895. The molecule has 0 aromatic carbocycles. The zero-order chi connectivity index (χ0) is 17.2. The molecule has 2 N–H and O–H groups in total. The van der Waals surface area contributed by atoms with Gasteiger partial charge in [0.15, 0.2) is 0 Å². The number of hydrogen-bond donors (Lipinski definition) is 1. The number of fused-ring (bicyclic) bond motifs is 3. The van der Waals surface area contributed by atoms with Gasteiger partial charge in [-0.25, -0.2) is 9.97 Å². The second-order valence-electron chi connectivity index (χ2n) is 7.27. The number of carbonyl (C=O) groups is 1. The SMILES string of the molecule is NC(=O)CC[C@H]1CCCc2sc3ncnc(OC4CCCCC4)c3c21. The van der Waals surface area contributed by atoms with Gasteiger partial charge in [-0.3, -0.25) is 4.79 Å². The average Bonchev–Trinajstić information content (AvgIpc) is 3.01. The van der Waals surface area contributed by atoms with Crippen molar-refractivity contribution < 1.29 is 9.53 Å². The first-order valence-corrected chi connectivity index (χ1v) is 10.2. The van der Waals surface area contributed by atoms with E-state index < -0.39 is 0 Å². The summed E-state index contributed by atoms with van der Waals surface area (Å²) in [4.78, 5) is 22.7. The van der Waals surface area contributed by atoms with Crippen LogP contribution in [0.3, 0.4) is 0 Å². The van der Waals surface area contributed by atoms with Crippen LogP contribution in [0, 0.1) is 0 Å². The number of hydrogen-bond acceptors (Lipinski definition) is 5. The number of aryl methyl sites for hydroxylation is 1. The Labute approximate surface area is 152 Å². The minimum Gasteiger partial charge on any atom is -0.474 e. The first-order valence-electron chi connectivity index (χ1n) is 9.43. The molecule has 0 bridgehead atoms. The Morgan fingerprint density at radius 3 is 2.84 bits per heavy atom. The maximum atomic E-state index is 11.3. The topological polar surface area (TPSA) is 78.1 Å². The van der Waals surface area contributed by atoms with Crippen molar-refractivity contribution in [2.24, 2.45) is 5.73 Å². The summed E-state index contributed by atoms with van der Waals surface area (Å²) in [6.45, 7) is 0. The number of aromatic nitrogens is 2. The smallest absolute Gasteiger partial charge is 0.225 e. The van der Waals surface area contributed by atoms with Crippen LogP contribution in [0.2, 0.25) is 0 Å². The number of nitrogens with zero attached hydrogens (tertiary/aromatic N) is 2. The number of carbonyl (C=O) groups excluding carboxylic acids is 1. The molecule has 1 fully saturated rings. The summed E-state index contributed by atoms with van der Waals surface area (Å²) in [5.41, 5.74) is 6.72. The Morgan fingerprint density at radius 2 is 2.04 bits per heavy atom. The van der Waals surface area contributed by atoms with Gasteiger partial charge < -0.3 is 10.5 Å². The van der Waals surface area contributed by atoms with E-state index in [4.69, 9.17) is 10.5 Å². The molecule has 0 radical (unpaired) electrons. The van der Waals surface area contributed by atoms with E-state index in [0.717, 1.165) is 54.6 Å². The molecule has 6 heteroatoms. The molecule has 5 nitrogen and oxygen atoms in total. The van der Waals surface area contributed by atoms with Gasteiger partial charge in [-0.15, -0.1) is 11.3 Å². The van der Waals surface area contributed by atoms with Gasteiger partial charge in [0.2, 0.25) is 11.8 Å². The molecule has 2 aliphatic carbocycles. The van der Waals surface area contributed by atoms with Crippen molar-refractivity contribution in [3.8, 4) is 5.88 Å². The summed E-state index contributed by atoms with van der Waals surface area (Å²) in [6, 6.07) is 0. The Kier molecular flexibility index (Phi) is 4.88. The summed E-state index contributed by atoms with van der Waals surface area (Å²) in [5, 5.41) is 1.10. The van der Waals surface area contributed by atoms with E-state index in [1.54, 1.807) is 17.7 Å². The van der Waals surface area contributed by atoms with E-state index in [1.807, 2.05) is 0 Å². The standard InChI is InChI=1S/C19H25N3O2S/c20-15(23)10-9-12-5-4-8-14-16(12)17-18(21-11-22-19(17)25-14)24-13-6-2-1-3-7-13/h11-13H,1-10H2,(H2,20,23)/t12-/m1/s1. The van der Waals surface area contributed by atoms with E-state index in [0.29, 0.717) is 12.3 Å². The predicted octanol–water partition coefficient (Wildman–Crippen LogP) is 4.09. The molecule has 0 unspecified atom stereocenters. The summed E-state index contributed by atoms with van der Waals surface area (Å²) in [6.07, 6.45) is 12.5. The van der Waals surface area contributed by atoms with E-state index in [1.165, 1.54) is 29.7 Å². The Balaban J connectivity index is 1.69. The molecule has 134 valence electrons. The molecular weight excluding hydrogens is 334 g/mol. The third-order valence-corrected chi connectivity index (χ3v) is 6.68. The highest BCUT2D eigenvalue weighted by molar-refractivity contribution is 7.18. The molecule has 2 aliphatic rings. The lowest BCUT2D eigenvalue weighted by Crippen LogP contribution is -2.20. The molecule has 2 aromatic heterocycles. The minimum absolute atomic E-state index is 0.221. The van der Waals surface area contributed by atoms with Crippen LogP contribution in [0.15, 0.2) is 6.33 Å². The van der Waals surface area contributed by atoms with Crippen LogP contribution in [-0.2, 0) is 11.2 Å². The predicted molar refractivity (Wildman–Crippen MR) is 99.0 cm³/mol. The lowest BCUT2D eigenvalue weighted by molar-refractivity contribution is -0.118. The maximum Gasteiger partial charge on any atom is 0.225 e. The van der Waals surface area contributed by atoms with Gasteiger partial charge in [0.25, 0.3) is 0 Å². The van der Waals surface area contributed by atoms with Crippen molar-refractivity contribution in [3.63, 3.8) is 0 Å². The molecule has 25 heavy (non-hydrogen) atoms. The van der Waals surface area contributed by atoms with Crippen LogP contribution >= 0.6 is 11.3 Å². The lowest BCUT2D eigenvalue weighted by atomic mass is 9.83. The molecule has 0 spiro atoms. The maximum absolute atomic E-state index is 11.3. The average molecular weight is 359 g/mol. The van der Waals surface area contributed by atoms with Gasteiger partial charge in [0, 0.05) is 11.3 Å². The molecule has 4 rings (SSSR count). The second-order valence-corrected chi connectivity index (χ2v) is 8.35. The van der Waals surface area contributed by atoms with Gasteiger partial charge in [-0.2, -0.15) is 0 Å². The van der Waals surface area contributed by atoms with Gasteiger partial charge in [-0.05, 0) is 62.8 Å². The van der Waals surface area contributed by atoms with E-state index in [-0.39, 0.29) is 12.0 Å². The summed E-state index contributed by atoms with van der Waals surface area (Å²) in [7, 11) is 0. The van der Waals surface area contributed by atoms with Gasteiger partial charge in [-0.1, -0.05) is 6.42 Å². The highest BCUT2D eigenvalue weighted by atomic mass is 32.1. The Hall–Kier alpha value is -1.69. The minimum atomic E-state index is -0.221. The third-order valence-electron chi connectivity index (χ3n) is 5.50. The number of amides is 1. The third kappa shape index (κ3) is 3.50. The molecule has 0 saturated heterocycles. The van der Waals surface area contributed by atoms with Crippen molar-refractivity contribution in [3.05, 3.63) is 16.8 Å². The van der Waals surface area contributed by atoms with Crippen LogP contribution < -0.4 is 10.5 Å². The van der Waals surface area contributed by atoms with Crippen molar-refractivity contribution in [1.29, 1.82) is 0 Å². The summed E-state index contributed by atoms with van der Waals surface area (Å²) < 4.78 is 6.33. The zero-order valence-electron chi connectivity index (χ0n) is 14.5. The molecular formula is C19H25N3O2S. The van der Waals surface area contributed by atoms with Gasteiger partial charge in [0.05, 0.1) is 5.39 Å². The van der Waals surface area contributed by atoms with Crippen molar-refractivity contribution in [2.75, 3.05) is 0 Å². The largest absolute Gasteiger partial charge is 0.474 e. The second kappa shape index (κ2) is 7.28. The van der Waals surface area contributed by atoms with Crippen molar-refractivity contribution >= 4 is 27.5 Å².